The molecular formula is C36H41Cl2N3O2. The Balaban J connectivity index is 1.16. The van der Waals surface area contributed by atoms with Crippen molar-refractivity contribution in [2.45, 2.75) is 55.8 Å². The minimum atomic E-state index is -0.623. The van der Waals surface area contributed by atoms with Crippen molar-refractivity contribution in [3.63, 3.8) is 0 Å². The number of halogens is 2. The topological polar surface area (TPSA) is 52.7 Å². The molecule has 5 nitrogen and oxygen atoms in total. The van der Waals surface area contributed by atoms with E-state index in [0.29, 0.717) is 22.5 Å². The van der Waals surface area contributed by atoms with Crippen LogP contribution in [0.1, 0.15) is 55.2 Å². The summed E-state index contributed by atoms with van der Waals surface area (Å²) in [6.45, 7) is 4.79. The summed E-state index contributed by atoms with van der Waals surface area (Å²) in [4.78, 5) is 32.5. The highest BCUT2D eigenvalue weighted by Gasteiger charge is 2.61. The third kappa shape index (κ3) is 6.22. The molecule has 6 rings (SSSR count). The smallest absolute Gasteiger partial charge is 0.233 e. The predicted octanol–water partition coefficient (Wildman–Crippen LogP) is 6.66. The van der Waals surface area contributed by atoms with Gasteiger partial charge in [0, 0.05) is 26.2 Å². The van der Waals surface area contributed by atoms with E-state index in [2.05, 4.69) is 51.5 Å². The maximum Gasteiger partial charge on any atom is 0.233 e. The Kier molecular flexibility index (Phi) is 9.13. The molecule has 1 saturated carbocycles. The Bertz CT molecular complexity index is 1420. The lowest BCUT2D eigenvalue weighted by Crippen LogP contribution is -2.54. The van der Waals surface area contributed by atoms with E-state index in [1.54, 1.807) is 6.07 Å². The van der Waals surface area contributed by atoms with Crippen molar-refractivity contribution >= 4 is 35.0 Å². The van der Waals surface area contributed by atoms with Gasteiger partial charge in [-0.25, -0.2) is 0 Å². The maximum atomic E-state index is 14.1. The molecule has 2 aliphatic heterocycles. The van der Waals surface area contributed by atoms with Crippen molar-refractivity contribution in [2.75, 3.05) is 39.3 Å². The number of piperidine rings is 2. The van der Waals surface area contributed by atoms with Crippen LogP contribution in [0.3, 0.4) is 0 Å². The van der Waals surface area contributed by atoms with Gasteiger partial charge in [-0.2, -0.15) is 0 Å². The largest absolute Gasteiger partial charge is 0.355 e. The van der Waals surface area contributed by atoms with Crippen LogP contribution in [0.15, 0.2) is 78.9 Å². The summed E-state index contributed by atoms with van der Waals surface area (Å²) in [7, 11) is 0. The number of likely N-dealkylation sites (tertiary alicyclic amines) is 2. The number of carbonyl (C=O) groups is 2. The molecule has 2 heterocycles. The molecule has 0 spiro atoms. The fourth-order valence-electron chi connectivity index (χ4n) is 7.42. The second kappa shape index (κ2) is 13.0. The summed E-state index contributed by atoms with van der Waals surface area (Å²) in [6, 6.07) is 26.3. The molecule has 3 fully saturated rings. The van der Waals surface area contributed by atoms with Crippen molar-refractivity contribution in [3.05, 3.63) is 106 Å². The summed E-state index contributed by atoms with van der Waals surface area (Å²) < 4.78 is 0. The minimum Gasteiger partial charge on any atom is -0.355 e. The lowest BCUT2D eigenvalue weighted by molar-refractivity contribution is -0.140. The molecule has 1 N–H and O–H groups in total. The van der Waals surface area contributed by atoms with Crippen LogP contribution in [0.25, 0.3) is 0 Å². The van der Waals surface area contributed by atoms with E-state index in [-0.39, 0.29) is 11.8 Å². The van der Waals surface area contributed by atoms with Crippen molar-refractivity contribution in [1.82, 2.24) is 15.1 Å². The standard InChI is InChI=1S/C36H41Cl2N3O2/c37-31-15-14-29(24-32(31)38)36(33(42)39-19-16-27-10-4-1-5-11-27)25-30(36)26-40-22-17-35(18-23-40,28-12-6-2-7-13-28)34(43)41-20-8-3-9-21-41/h1-2,4-7,10-15,24,30H,3,8-9,16-23,25-26H2,(H,39,42)/t30-,36+/m0/s1. The minimum absolute atomic E-state index is 0.0581. The second-order valence-electron chi connectivity index (χ2n) is 12.6. The summed E-state index contributed by atoms with van der Waals surface area (Å²) >= 11 is 12.7. The summed E-state index contributed by atoms with van der Waals surface area (Å²) in [5.74, 6) is 0.527. The van der Waals surface area contributed by atoms with E-state index >= 15 is 0 Å². The Morgan fingerprint density at radius 1 is 0.791 bits per heavy atom. The Labute approximate surface area is 265 Å². The average Bonchev–Trinajstić information content (AvgIpc) is 3.78. The van der Waals surface area contributed by atoms with Crippen molar-refractivity contribution < 1.29 is 9.59 Å². The number of carbonyl (C=O) groups excluding carboxylic acids is 2. The van der Waals surface area contributed by atoms with Gasteiger partial charge in [0.25, 0.3) is 0 Å². The average molecular weight is 619 g/mol. The number of benzene rings is 3. The van der Waals surface area contributed by atoms with Gasteiger partial charge in [0.15, 0.2) is 0 Å². The Morgan fingerprint density at radius 2 is 1.47 bits per heavy atom. The number of amides is 2. The number of rotatable bonds is 9. The molecule has 0 radical (unpaired) electrons. The van der Waals surface area contributed by atoms with Crippen LogP contribution in [-0.4, -0.2) is 60.9 Å². The first-order valence-corrected chi connectivity index (χ1v) is 16.5. The first-order chi connectivity index (χ1) is 20.9. The molecule has 2 amide bonds. The lowest BCUT2D eigenvalue weighted by atomic mass is 9.71. The van der Waals surface area contributed by atoms with Gasteiger partial charge in [0.2, 0.25) is 11.8 Å². The van der Waals surface area contributed by atoms with E-state index < -0.39 is 10.8 Å². The van der Waals surface area contributed by atoms with Crippen LogP contribution in [0.2, 0.25) is 10.0 Å². The van der Waals surface area contributed by atoms with Gasteiger partial charge in [-0.1, -0.05) is 89.9 Å². The fraction of sp³-hybridized carbons (Fsp3) is 0.444. The number of hydrogen-bond acceptors (Lipinski definition) is 3. The molecule has 0 bridgehead atoms. The molecule has 7 heteroatoms. The zero-order valence-corrected chi connectivity index (χ0v) is 26.3. The fourth-order valence-corrected chi connectivity index (χ4v) is 7.72. The van der Waals surface area contributed by atoms with Gasteiger partial charge in [-0.05, 0) is 92.8 Å². The van der Waals surface area contributed by atoms with Crippen LogP contribution in [0.4, 0.5) is 0 Å². The third-order valence-corrected chi connectivity index (χ3v) is 10.8. The molecular weight excluding hydrogens is 577 g/mol. The van der Waals surface area contributed by atoms with Crippen molar-refractivity contribution in [1.29, 1.82) is 0 Å². The van der Waals surface area contributed by atoms with Gasteiger partial charge in [0.1, 0.15) is 0 Å². The van der Waals surface area contributed by atoms with E-state index in [9.17, 15) is 9.59 Å². The van der Waals surface area contributed by atoms with Gasteiger partial charge >= 0.3 is 0 Å². The molecule has 2 atom stereocenters. The van der Waals surface area contributed by atoms with Crippen LogP contribution in [-0.2, 0) is 26.8 Å². The van der Waals surface area contributed by atoms with E-state index in [1.807, 2.05) is 36.4 Å². The lowest BCUT2D eigenvalue weighted by Gasteiger charge is -2.44. The molecule has 0 unspecified atom stereocenters. The normalized spacial score (nSPS) is 23.5. The van der Waals surface area contributed by atoms with Crippen LogP contribution in [0.5, 0.6) is 0 Å². The van der Waals surface area contributed by atoms with E-state index in [1.165, 1.54) is 12.0 Å². The third-order valence-electron chi connectivity index (χ3n) is 10.1. The van der Waals surface area contributed by atoms with Crippen LogP contribution < -0.4 is 5.32 Å². The molecule has 2 saturated heterocycles. The highest BCUT2D eigenvalue weighted by molar-refractivity contribution is 6.42. The van der Waals surface area contributed by atoms with Gasteiger partial charge < -0.3 is 15.1 Å². The highest BCUT2D eigenvalue weighted by atomic mass is 35.5. The zero-order chi connectivity index (χ0) is 29.9. The summed E-state index contributed by atoms with van der Waals surface area (Å²) in [5.41, 5.74) is 2.17. The first-order valence-electron chi connectivity index (χ1n) is 15.8. The van der Waals surface area contributed by atoms with Gasteiger partial charge in [0.05, 0.1) is 20.9 Å². The Hall–Kier alpha value is -2.86. The summed E-state index contributed by atoms with van der Waals surface area (Å²) in [6.07, 6.45) is 6.54. The number of nitrogens with zero attached hydrogens (tertiary/aromatic N) is 2. The van der Waals surface area contributed by atoms with Crippen LogP contribution >= 0.6 is 23.2 Å². The quantitative estimate of drug-likeness (QED) is 0.292. The maximum absolute atomic E-state index is 14.1. The van der Waals surface area contributed by atoms with Crippen molar-refractivity contribution in [2.24, 2.45) is 5.92 Å². The molecule has 3 aliphatic rings. The SMILES string of the molecule is O=C(N1CCCCC1)C1(c2ccccc2)CCN(C[C@@H]2C[C@@]2(C(=O)NCCc2ccccc2)c2ccc(Cl)c(Cl)c2)CC1. The number of nitrogens with one attached hydrogen (secondary N) is 1. The summed E-state index contributed by atoms with van der Waals surface area (Å²) in [5, 5.41) is 4.21. The molecule has 0 aromatic heterocycles. The van der Waals surface area contributed by atoms with E-state index in [0.717, 1.165) is 82.4 Å². The van der Waals surface area contributed by atoms with Crippen LogP contribution in [0, 0.1) is 5.92 Å². The molecule has 1 aliphatic carbocycles. The molecule has 43 heavy (non-hydrogen) atoms. The molecule has 3 aromatic carbocycles. The second-order valence-corrected chi connectivity index (χ2v) is 13.4. The zero-order valence-electron chi connectivity index (χ0n) is 24.7. The monoisotopic (exact) mass is 617 g/mol. The highest BCUT2D eigenvalue weighted by Crippen LogP contribution is 2.56. The molecule has 226 valence electrons. The van der Waals surface area contributed by atoms with Crippen molar-refractivity contribution in [3.8, 4) is 0 Å². The number of hydrogen-bond donors (Lipinski definition) is 1. The molecule has 3 aromatic rings. The van der Waals surface area contributed by atoms with Gasteiger partial charge in [-0.3, -0.25) is 9.59 Å². The first kappa shape index (κ1) is 30.2. The van der Waals surface area contributed by atoms with E-state index in [4.69, 9.17) is 23.2 Å². The Morgan fingerprint density at radius 3 is 2.14 bits per heavy atom. The predicted molar refractivity (Wildman–Crippen MR) is 174 cm³/mol. The van der Waals surface area contributed by atoms with Gasteiger partial charge in [-0.15, -0.1) is 0 Å².